The fraction of sp³-hybridized carbons (Fsp3) is 0.667. The number of piperidine rings is 1. The molecule has 1 N–H and O–H groups in total. The van der Waals surface area contributed by atoms with Crippen LogP contribution in [-0.4, -0.2) is 30.6 Å². The Morgan fingerprint density at radius 3 is 2.71 bits per heavy atom. The van der Waals surface area contributed by atoms with E-state index in [0.717, 1.165) is 23.5 Å². The highest BCUT2D eigenvalue weighted by atomic mass is 35.5. The summed E-state index contributed by atoms with van der Waals surface area (Å²) < 4.78 is 0. The van der Waals surface area contributed by atoms with Crippen LogP contribution in [0.25, 0.3) is 0 Å². The summed E-state index contributed by atoms with van der Waals surface area (Å²) in [5.41, 5.74) is 1.37. The van der Waals surface area contributed by atoms with Crippen LogP contribution in [0.5, 0.6) is 0 Å². The molecule has 3 rings (SSSR count). The molecule has 0 spiro atoms. The molecule has 1 aromatic carbocycles. The predicted octanol–water partition coefficient (Wildman–Crippen LogP) is 4.26. The van der Waals surface area contributed by atoms with E-state index >= 15 is 0 Å². The summed E-state index contributed by atoms with van der Waals surface area (Å²) in [7, 11) is 0. The third-order valence-corrected chi connectivity index (χ3v) is 5.39. The number of halogens is 1. The lowest BCUT2D eigenvalue weighted by Crippen LogP contribution is -2.35. The van der Waals surface area contributed by atoms with Gasteiger partial charge in [0.15, 0.2) is 0 Å². The molecule has 1 saturated carbocycles. The number of nitrogens with one attached hydrogen (secondary N) is 1. The second-order valence-electron chi connectivity index (χ2n) is 6.67. The van der Waals surface area contributed by atoms with Gasteiger partial charge in [-0.05, 0) is 62.3 Å². The summed E-state index contributed by atoms with van der Waals surface area (Å²) in [4.78, 5) is 2.73. The highest BCUT2D eigenvalue weighted by molar-refractivity contribution is 6.30. The van der Waals surface area contributed by atoms with Crippen LogP contribution in [0.3, 0.4) is 0 Å². The minimum Gasteiger partial charge on any atom is -0.310 e. The maximum Gasteiger partial charge on any atom is 0.0406 e. The van der Waals surface area contributed by atoms with Gasteiger partial charge in [0.25, 0.3) is 0 Å². The summed E-state index contributed by atoms with van der Waals surface area (Å²) in [5, 5.41) is 4.53. The van der Waals surface area contributed by atoms with E-state index in [4.69, 9.17) is 11.6 Å². The fourth-order valence-electron chi connectivity index (χ4n) is 4.00. The maximum absolute atomic E-state index is 6.02. The zero-order valence-corrected chi connectivity index (χ0v) is 13.8. The predicted molar refractivity (Wildman–Crippen MR) is 89.8 cm³/mol. The van der Waals surface area contributed by atoms with Gasteiger partial charge in [-0.25, -0.2) is 0 Å². The van der Waals surface area contributed by atoms with Crippen molar-refractivity contribution < 1.29 is 0 Å². The third kappa shape index (κ3) is 3.80. The Morgan fingerprint density at radius 1 is 1.29 bits per heavy atom. The molecule has 0 amide bonds. The maximum atomic E-state index is 6.02. The second kappa shape index (κ2) is 7.13. The summed E-state index contributed by atoms with van der Waals surface area (Å²) >= 11 is 6.02. The highest BCUT2D eigenvalue weighted by Crippen LogP contribution is 2.37. The number of fused-ring (bicyclic) bond motifs is 2. The first kappa shape index (κ1) is 15.3. The zero-order chi connectivity index (χ0) is 14.7. The van der Waals surface area contributed by atoms with Gasteiger partial charge in [0, 0.05) is 30.2 Å². The van der Waals surface area contributed by atoms with E-state index < -0.39 is 0 Å². The van der Waals surface area contributed by atoms with Crippen LogP contribution < -0.4 is 5.32 Å². The van der Waals surface area contributed by atoms with Gasteiger partial charge < -0.3 is 10.2 Å². The minimum atomic E-state index is 0.460. The van der Waals surface area contributed by atoms with E-state index in [-0.39, 0.29) is 0 Å². The van der Waals surface area contributed by atoms with E-state index in [1.165, 1.54) is 50.8 Å². The molecule has 3 heteroatoms. The van der Waals surface area contributed by atoms with Crippen molar-refractivity contribution in [2.45, 2.75) is 51.1 Å². The average molecular weight is 307 g/mol. The monoisotopic (exact) mass is 306 g/mol. The largest absolute Gasteiger partial charge is 0.310 e. The quantitative estimate of drug-likeness (QED) is 0.810. The van der Waals surface area contributed by atoms with Crippen molar-refractivity contribution in [1.29, 1.82) is 0 Å². The molecule has 2 fully saturated rings. The molecule has 2 bridgehead atoms. The van der Waals surface area contributed by atoms with Gasteiger partial charge in [-0.2, -0.15) is 0 Å². The van der Waals surface area contributed by atoms with Crippen LogP contribution >= 0.6 is 11.6 Å². The lowest BCUT2D eigenvalue weighted by Gasteiger charge is -2.29. The molecule has 2 nitrogen and oxygen atoms in total. The second-order valence-corrected chi connectivity index (χ2v) is 7.11. The summed E-state index contributed by atoms with van der Waals surface area (Å²) in [5.74, 6) is 0.993. The Kier molecular flexibility index (Phi) is 5.20. The van der Waals surface area contributed by atoms with Crippen molar-refractivity contribution in [2.24, 2.45) is 5.92 Å². The number of benzene rings is 1. The van der Waals surface area contributed by atoms with Crippen LogP contribution in [0, 0.1) is 5.92 Å². The van der Waals surface area contributed by atoms with Crippen LogP contribution in [0.15, 0.2) is 24.3 Å². The Labute approximate surface area is 133 Å². The SMILES string of the molecule is CCCNC(CCN1CC2CCC1C2)c1ccc(Cl)cc1. The van der Waals surface area contributed by atoms with Crippen LogP contribution in [0.2, 0.25) is 5.02 Å². The lowest BCUT2D eigenvalue weighted by atomic mass is 10.0. The molecule has 1 saturated heterocycles. The first-order chi connectivity index (χ1) is 10.3. The van der Waals surface area contributed by atoms with E-state index in [0.29, 0.717) is 6.04 Å². The Hall–Kier alpha value is -0.570. The summed E-state index contributed by atoms with van der Waals surface area (Å²) in [6, 6.07) is 9.70. The zero-order valence-electron chi connectivity index (χ0n) is 13.0. The van der Waals surface area contributed by atoms with Crippen molar-refractivity contribution in [3.8, 4) is 0 Å². The van der Waals surface area contributed by atoms with E-state index in [2.05, 4.69) is 29.3 Å². The Balaban J connectivity index is 1.58. The normalized spacial score (nSPS) is 26.4. The van der Waals surface area contributed by atoms with Gasteiger partial charge in [-0.15, -0.1) is 0 Å². The number of nitrogens with zero attached hydrogens (tertiary/aromatic N) is 1. The smallest absolute Gasteiger partial charge is 0.0406 e. The molecule has 1 heterocycles. The van der Waals surface area contributed by atoms with Crippen molar-refractivity contribution >= 4 is 11.6 Å². The first-order valence-electron chi connectivity index (χ1n) is 8.49. The van der Waals surface area contributed by atoms with Gasteiger partial charge in [-0.3, -0.25) is 0 Å². The molecule has 3 unspecified atom stereocenters. The van der Waals surface area contributed by atoms with Gasteiger partial charge in [0.05, 0.1) is 0 Å². The molecule has 21 heavy (non-hydrogen) atoms. The van der Waals surface area contributed by atoms with Crippen molar-refractivity contribution in [1.82, 2.24) is 10.2 Å². The Bertz CT molecular complexity index is 445. The minimum absolute atomic E-state index is 0.460. The molecule has 3 atom stereocenters. The number of hydrogen-bond donors (Lipinski definition) is 1. The van der Waals surface area contributed by atoms with E-state index in [9.17, 15) is 0 Å². The molecule has 1 aromatic rings. The molecule has 0 radical (unpaired) electrons. The van der Waals surface area contributed by atoms with E-state index in [1.54, 1.807) is 0 Å². The van der Waals surface area contributed by atoms with Crippen LogP contribution in [0.4, 0.5) is 0 Å². The van der Waals surface area contributed by atoms with Gasteiger partial charge in [0.1, 0.15) is 0 Å². The Morgan fingerprint density at radius 2 is 2.10 bits per heavy atom. The number of hydrogen-bond acceptors (Lipinski definition) is 2. The molecular formula is C18H27ClN2. The lowest BCUT2D eigenvalue weighted by molar-refractivity contribution is 0.202. The number of likely N-dealkylation sites (tertiary alicyclic amines) is 1. The molecule has 2 aliphatic rings. The molecular weight excluding hydrogens is 280 g/mol. The number of rotatable bonds is 7. The van der Waals surface area contributed by atoms with Crippen molar-refractivity contribution in [3.63, 3.8) is 0 Å². The topological polar surface area (TPSA) is 15.3 Å². The third-order valence-electron chi connectivity index (χ3n) is 5.14. The summed E-state index contributed by atoms with van der Waals surface area (Å²) in [6.45, 7) is 5.88. The van der Waals surface area contributed by atoms with E-state index in [1.807, 2.05) is 12.1 Å². The summed E-state index contributed by atoms with van der Waals surface area (Å²) in [6.07, 6.45) is 6.73. The van der Waals surface area contributed by atoms with Gasteiger partial charge >= 0.3 is 0 Å². The van der Waals surface area contributed by atoms with Gasteiger partial charge in [0.2, 0.25) is 0 Å². The van der Waals surface area contributed by atoms with Crippen LogP contribution in [-0.2, 0) is 0 Å². The van der Waals surface area contributed by atoms with Crippen molar-refractivity contribution in [3.05, 3.63) is 34.9 Å². The molecule has 116 valence electrons. The first-order valence-corrected chi connectivity index (χ1v) is 8.87. The fourth-order valence-corrected chi connectivity index (χ4v) is 4.12. The van der Waals surface area contributed by atoms with Crippen molar-refractivity contribution in [2.75, 3.05) is 19.6 Å². The molecule has 0 aromatic heterocycles. The molecule has 1 aliphatic carbocycles. The van der Waals surface area contributed by atoms with Crippen LogP contribution in [0.1, 0.15) is 50.6 Å². The highest BCUT2D eigenvalue weighted by Gasteiger charge is 2.37. The molecule has 1 aliphatic heterocycles. The standard InChI is InChI=1S/C18H27ClN2/c1-2-10-20-18(15-4-6-16(19)7-5-15)9-11-21-13-14-3-8-17(21)12-14/h4-7,14,17-18,20H,2-3,8-13H2,1H3. The average Bonchev–Trinajstić information content (AvgIpc) is 3.11. The van der Waals surface area contributed by atoms with Gasteiger partial charge in [-0.1, -0.05) is 30.7 Å².